The number of nitrogens with zero attached hydrogens (tertiary/aromatic N) is 2. The summed E-state index contributed by atoms with van der Waals surface area (Å²) in [4.78, 5) is 22.6. The molecular weight excluding hydrogens is 410 g/mol. The molecule has 0 radical (unpaired) electrons. The molecule has 7 nitrogen and oxygen atoms in total. The fraction of sp³-hybridized carbons (Fsp3) is 0.609. The Morgan fingerprint density at radius 3 is 2.77 bits per heavy atom. The summed E-state index contributed by atoms with van der Waals surface area (Å²) in [7, 11) is 0. The predicted octanol–water partition coefficient (Wildman–Crippen LogP) is 3.35. The van der Waals surface area contributed by atoms with Crippen molar-refractivity contribution in [2.45, 2.75) is 32.1 Å². The number of H-pyrrole nitrogens is 1. The standard InChI is InChI=1S/C23H33N5O2S/c29-22(24-10-3-11-28-12-14-30-15-13-28)18-8-6-17(7-9-18)16-25-21-19-4-1-2-5-20(19)26-23(31)27-21/h1-2,4-5,17-18H,3,6-16H2,(H,24,29)(H2,25,26,27,31). The van der Waals surface area contributed by atoms with Crippen molar-refractivity contribution >= 4 is 34.8 Å². The van der Waals surface area contributed by atoms with Crippen LogP contribution in [0.3, 0.4) is 0 Å². The third-order valence-electron chi connectivity index (χ3n) is 6.47. The van der Waals surface area contributed by atoms with Gasteiger partial charge in [0.2, 0.25) is 5.91 Å². The van der Waals surface area contributed by atoms with Gasteiger partial charge in [0.1, 0.15) is 5.82 Å². The molecule has 1 saturated heterocycles. The molecule has 2 aromatic rings. The number of morpholine rings is 1. The number of fused-ring (bicyclic) bond motifs is 1. The number of carbonyl (C=O) groups excluding carboxylic acids is 1. The second-order valence-corrected chi connectivity index (χ2v) is 9.02. The zero-order chi connectivity index (χ0) is 21.5. The lowest BCUT2D eigenvalue weighted by atomic mass is 9.81. The highest BCUT2D eigenvalue weighted by atomic mass is 32.1. The van der Waals surface area contributed by atoms with Gasteiger partial charge in [-0.2, -0.15) is 0 Å². The molecule has 2 fully saturated rings. The molecule has 0 spiro atoms. The number of aromatic nitrogens is 2. The van der Waals surface area contributed by atoms with Crippen LogP contribution in [0.5, 0.6) is 0 Å². The van der Waals surface area contributed by atoms with Gasteiger partial charge in [-0.05, 0) is 68.9 Å². The van der Waals surface area contributed by atoms with Crippen LogP contribution in [0.25, 0.3) is 10.9 Å². The first-order valence-electron chi connectivity index (χ1n) is 11.5. The largest absolute Gasteiger partial charge is 0.379 e. The fourth-order valence-electron chi connectivity index (χ4n) is 4.59. The number of aromatic amines is 1. The Hall–Kier alpha value is -2.03. The quantitative estimate of drug-likeness (QED) is 0.429. The molecule has 3 N–H and O–H groups in total. The minimum Gasteiger partial charge on any atom is -0.379 e. The van der Waals surface area contributed by atoms with Crippen LogP contribution in [0.15, 0.2) is 24.3 Å². The molecule has 1 saturated carbocycles. The van der Waals surface area contributed by atoms with Crippen LogP contribution in [0.1, 0.15) is 32.1 Å². The van der Waals surface area contributed by atoms with Crippen molar-refractivity contribution in [3.8, 4) is 0 Å². The van der Waals surface area contributed by atoms with E-state index in [1.807, 2.05) is 18.2 Å². The number of amides is 1. The van der Waals surface area contributed by atoms with Gasteiger partial charge in [0.05, 0.1) is 18.7 Å². The highest BCUT2D eigenvalue weighted by molar-refractivity contribution is 7.71. The molecule has 1 aromatic heterocycles. The number of benzene rings is 1. The van der Waals surface area contributed by atoms with Gasteiger partial charge >= 0.3 is 0 Å². The van der Waals surface area contributed by atoms with Crippen molar-refractivity contribution in [3.05, 3.63) is 29.0 Å². The van der Waals surface area contributed by atoms with Gasteiger partial charge in [0, 0.05) is 37.5 Å². The van der Waals surface area contributed by atoms with Gasteiger partial charge in [-0.25, -0.2) is 4.98 Å². The van der Waals surface area contributed by atoms with Crippen LogP contribution < -0.4 is 10.6 Å². The minimum atomic E-state index is 0.157. The topological polar surface area (TPSA) is 82.3 Å². The number of hydrogen-bond donors (Lipinski definition) is 3. The highest BCUT2D eigenvalue weighted by Crippen LogP contribution is 2.29. The van der Waals surface area contributed by atoms with Gasteiger partial charge in [-0.15, -0.1) is 0 Å². The molecule has 2 aliphatic rings. The lowest BCUT2D eigenvalue weighted by Crippen LogP contribution is -2.39. The van der Waals surface area contributed by atoms with Crippen molar-refractivity contribution in [1.29, 1.82) is 0 Å². The molecule has 1 amide bonds. The number of anilines is 1. The van der Waals surface area contributed by atoms with E-state index in [9.17, 15) is 4.79 Å². The number of hydrogen-bond acceptors (Lipinski definition) is 6. The SMILES string of the molecule is O=C(NCCCN1CCOCC1)C1CCC(CNc2nc(=S)[nH]c3ccccc23)CC1. The second kappa shape index (κ2) is 11.0. The molecule has 8 heteroatoms. The normalized spacial score (nSPS) is 22.3. The summed E-state index contributed by atoms with van der Waals surface area (Å²) in [6.45, 7) is 6.34. The summed E-state index contributed by atoms with van der Waals surface area (Å²) in [5.41, 5.74) is 0.999. The number of para-hydroxylation sites is 1. The maximum absolute atomic E-state index is 12.5. The van der Waals surface area contributed by atoms with Crippen LogP contribution >= 0.6 is 12.2 Å². The van der Waals surface area contributed by atoms with E-state index in [4.69, 9.17) is 17.0 Å². The lowest BCUT2D eigenvalue weighted by molar-refractivity contribution is -0.126. The molecule has 4 rings (SSSR count). The van der Waals surface area contributed by atoms with E-state index in [0.717, 1.165) is 94.8 Å². The van der Waals surface area contributed by atoms with Crippen LogP contribution in [-0.4, -0.2) is 66.7 Å². The number of carbonyl (C=O) groups is 1. The predicted molar refractivity (Wildman–Crippen MR) is 126 cm³/mol. The Labute approximate surface area is 189 Å². The van der Waals surface area contributed by atoms with Gasteiger partial charge in [0.15, 0.2) is 4.77 Å². The van der Waals surface area contributed by atoms with E-state index >= 15 is 0 Å². The van der Waals surface area contributed by atoms with Gasteiger partial charge in [-0.3, -0.25) is 9.69 Å². The summed E-state index contributed by atoms with van der Waals surface area (Å²) < 4.78 is 5.87. The molecule has 31 heavy (non-hydrogen) atoms. The highest BCUT2D eigenvalue weighted by Gasteiger charge is 2.26. The van der Waals surface area contributed by atoms with Gasteiger partial charge in [0.25, 0.3) is 0 Å². The summed E-state index contributed by atoms with van der Waals surface area (Å²) in [5.74, 6) is 1.79. The van der Waals surface area contributed by atoms with Crippen molar-refractivity contribution in [3.63, 3.8) is 0 Å². The van der Waals surface area contributed by atoms with E-state index in [1.165, 1.54) is 0 Å². The Morgan fingerprint density at radius 2 is 1.97 bits per heavy atom. The molecule has 2 heterocycles. The first kappa shape index (κ1) is 22.2. The third-order valence-corrected chi connectivity index (χ3v) is 6.66. The van der Waals surface area contributed by atoms with Crippen molar-refractivity contribution in [2.24, 2.45) is 11.8 Å². The van der Waals surface area contributed by atoms with Gasteiger partial charge < -0.3 is 20.4 Å². The Morgan fingerprint density at radius 1 is 1.19 bits per heavy atom. The maximum Gasteiger partial charge on any atom is 0.223 e. The summed E-state index contributed by atoms with van der Waals surface area (Å²) >= 11 is 5.26. The van der Waals surface area contributed by atoms with E-state index in [0.29, 0.717) is 10.7 Å². The van der Waals surface area contributed by atoms with Crippen molar-refractivity contribution < 1.29 is 9.53 Å². The van der Waals surface area contributed by atoms with Crippen molar-refractivity contribution in [2.75, 3.05) is 51.3 Å². The Kier molecular flexibility index (Phi) is 7.88. The molecule has 0 atom stereocenters. The van der Waals surface area contributed by atoms with Crippen molar-refractivity contribution in [1.82, 2.24) is 20.2 Å². The smallest absolute Gasteiger partial charge is 0.223 e. The number of nitrogens with one attached hydrogen (secondary N) is 3. The second-order valence-electron chi connectivity index (χ2n) is 8.63. The summed E-state index contributed by atoms with van der Waals surface area (Å²) in [5, 5.41) is 7.71. The van der Waals surface area contributed by atoms with Crippen LogP contribution in [0.4, 0.5) is 5.82 Å². The monoisotopic (exact) mass is 443 g/mol. The molecule has 1 aromatic carbocycles. The Balaban J connectivity index is 1.17. The molecule has 168 valence electrons. The summed E-state index contributed by atoms with van der Waals surface area (Å²) in [6, 6.07) is 8.07. The number of ether oxygens (including phenoxy) is 1. The van der Waals surface area contributed by atoms with Crippen LogP contribution in [0, 0.1) is 16.6 Å². The summed E-state index contributed by atoms with van der Waals surface area (Å²) in [6.07, 6.45) is 5.06. The molecule has 1 aliphatic heterocycles. The van der Waals surface area contributed by atoms with E-state index in [1.54, 1.807) is 0 Å². The fourth-order valence-corrected chi connectivity index (χ4v) is 4.79. The molecular formula is C23H33N5O2S. The minimum absolute atomic E-state index is 0.157. The molecule has 0 bridgehead atoms. The zero-order valence-corrected chi connectivity index (χ0v) is 18.9. The maximum atomic E-state index is 12.5. The molecule has 1 aliphatic carbocycles. The van der Waals surface area contributed by atoms with E-state index in [-0.39, 0.29) is 11.8 Å². The van der Waals surface area contributed by atoms with E-state index in [2.05, 4.69) is 31.6 Å². The van der Waals surface area contributed by atoms with Crippen LogP contribution in [-0.2, 0) is 9.53 Å². The first-order chi connectivity index (χ1) is 15.2. The van der Waals surface area contributed by atoms with E-state index < -0.39 is 0 Å². The average Bonchev–Trinajstić information content (AvgIpc) is 2.81. The lowest BCUT2D eigenvalue weighted by Gasteiger charge is -2.28. The molecule has 0 unspecified atom stereocenters. The zero-order valence-electron chi connectivity index (χ0n) is 18.1. The Bertz CT molecular complexity index is 920. The number of rotatable bonds is 8. The average molecular weight is 444 g/mol. The van der Waals surface area contributed by atoms with Crippen LogP contribution in [0.2, 0.25) is 0 Å². The third kappa shape index (κ3) is 6.24. The first-order valence-corrected chi connectivity index (χ1v) is 11.9. The van der Waals surface area contributed by atoms with Gasteiger partial charge in [-0.1, -0.05) is 12.1 Å².